The van der Waals surface area contributed by atoms with Crippen LogP contribution in [0.25, 0.3) is 33.7 Å². The molecule has 0 aliphatic rings. The number of ether oxygens (including phenoxy) is 1. The third-order valence-corrected chi connectivity index (χ3v) is 7.44. The van der Waals surface area contributed by atoms with E-state index < -0.39 is 11.9 Å². The SMILES string of the molecule is CCCCc1nc(Cl)c(C(=O)NCC(=O)OC)n1Cc1ccc2oc(-c3ccccc3-c3nn[nH]n3)c(Br)c2c1. The van der Waals surface area contributed by atoms with Crippen LogP contribution in [-0.4, -0.2) is 55.7 Å². The molecule has 1 amide bonds. The predicted octanol–water partition coefficient (Wildman–Crippen LogP) is 5.19. The van der Waals surface area contributed by atoms with Gasteiger partial charge in [-0.1, -0.05) is 55.3 Å². The lowest BCUT2D eigenvalue weighted by molar-refractivity contribution is -0.139. The Bertz CT molecular complexity index is 1680. The number of tetrazole rings is 1. The molecular formula is C27H25BrClN7O4. The Morgan fingerprint density at radius 1 is 1.20 bits per heavy atom. The lowest BCUT2D eigenvalue weighted by atomic mass is 10.0. The van der Waals surface area contributed by atoms with E-state index in [1.165, 1.54) is 7.11 Å². The van der Waals surface area contributed by atoms with E-state index in [0.717, 1.165) is 39.4 Å². The van der Waals surface area contributed by atoms with Crippen LogP contribution in [-0.2, 0) is 22.5 Å². The number of imidazole rings is 1. The molecule has 0 unspecified atom stereocenters. The van der Waals surface area contributed by atoms with Gasteiger partial charge in [-0.25, -0.2) is 4.98 Å². The van der Waals surface area contributed by atoms with E-state index in [-0.39, 0.29) is 17.4 Å². The fourth-order valence-corrected chi connectivity index (χ4v) is 5.30. The lowest BCUT2D eigenvalue weighted by Gasteiger charge is -2.12. The molecule has 5 aromatic rings. The van der Waals surface area contributed by atoms with Gasteiger partial charge in [0.25, 0.3) is 5.91 Å². The first-order chi connectivity index (χ1) is 19.4. The van der Waals surface area contributed by atoms with E-state index in [4.69, 9.17) is 16.0 Å². The molecular weight excluding hydrogens is 602 g/mol. The van der Waals surface area contributed by atoms with Crippen molar-refractivity contribution in [3.05, 3.63) is 69.2 Å². The second-order valence-electron chi connectivity index (χ2n) is 8.97. The number of hydrogen-bond acceptors (Lipinski definition) is 8. The molecule has 0 fully saturated rings. The normalized spacial score (nSPS) is 11.2. The molecule has 0 saturated carbocycles. The maximum atomic E-state index is 13.0. The van der Waals surface area contributed by atoms with Crippen LogP contribution in [0.4, 0.5) is 0 Å². The average molecular weight is 627 g/mol. The number of carbonyl (C=O) groups is 2. The van der Waals surface area contributed by atoms with Crippen LogP contribution < -0.4 is 5.32 Å². The fraction of sp³-hybridized carbons (Fsp3) is 0.259. The van der Waals surface area contributed by atoms with Crippen molar-refractivity contribution in [1.29, 1.82) is 0 Å². The first kappa shape index (κ1) is 27.5. The molecule has 0 spiro atoms. The molecule has 13 heteroatoms. The van der Waals surface area contributed by atoms with Gasteiger partial charge in [0.15, 0.2) is 5.15 Å². The van der Waals surface area contributed by atoms with Gasteiger partial charge in [-0.05, 0) is 45.3 Å². The van der Waals surface area contributed by atoms with Crippen LogP contribution in [0.1, 0.15) is 41.6 Å². The number of methoxy groups -OCH3 is 1. The molecule has 11 nitrogen and oxygen atoms in total. The van der Waals surface area contributed by atoms with Crippen molar-refractivity contribution in [3.63, 3.8) is 0 Å². The first-order valence-electron chi connectivity index (χ1n) is 12.5. The Balaban J connectivity index is 1.52. The smallest absolute Gasteiger partial charge is 0.325 e. The summed E-state index contributed by atoms with van der Waals surface area (Å²) in [5.74, 6) is 0.712. The largest absolute Gasteiger partial charge is 0.468 e. The molecule has 0 saturated heterocycles. The van der Waals surface area contributed by atoms with Crippen LogP contribution >= 0.6 is 27.5 Å². The quantitative estimate of drug-likeness (QED) is 0.202. The number of esters is 1. The van der Waals surface area contributed by atoms with Gasteiger partial charge in [0.05, 0.1) is 11.6 Å². The van der Waals surface area contributed by atoms with Crippen molar-refractivity contribution in [2.24, 2.45) is 0 Å². The second-order valence-corrected chi connectivity index (χ2v) is 10.1. The monoisotopic (exact) mass is 625 g/mol. The zero-order valence-corrected chi connectivity index (χ0v) is 24.0. The zero-order valence-electron chi connectivity index (χ0n) is 21.7. The standard InChI is InChI=1S/C27H25BrClN7O4/c1-3-4-9-20-31-25(29)23(27(38)30-13-21(37)39-2)36(20)14-15-10-11-19-18(12-15)22(28)24(40-19)16-7-5-6-8-17(16)26-32-34-35-33-26/h5-8,10-12H,3-4,9,13-14H2,1-2H3,(H,30,38)(H,32,33,34,35). The summed E-state index contributed by atoms with van der Waals surface area (Å²) < 4.78 is 13.5. The summed E-state index contributed by atoms with van der Waals surface area (Å²) in [5, 5.41) is 17.9. The number of nitrogens with zero attached hydrogens (tertiary/aromatic N) is 5. The molecule has 0 aliphatic carbocycles. The van der Waals surface area contributed by atoms with Crippen LogP contribution in [0.2, 0.25) is 5.15 Å². The molecule has 40 heavy (non-hydrogen) atoms. The molecule has 3 heterocycles. The molecule has 0 bridgehead atoms. The van der Waals surface area contributed by atoms with E-state index in [0.29, 0.717) is 36.0 Å². The summed E-state index contributed by atoms with van der Waals surface area (Å²) >= 11 is 10.2. The van der Waals surface area contributed by atoms with Crippen molar-refractivity contribution in [3.8, 4) is 22.7 Å². The number of H-pyrrole nitrogens is 1. The number of benzene rings is 2. The highest BCUT2D eigenvalue weighted by Gasteiger charge is 2.24. The van der Waals surface area contributed by atoms with Gasteiger partial charge >= 0.3 is 5.97 Å². The molecule has 2 N–H and O–H groups in total. The van der Waals surface area contributed by atoms with E-state index in [9.17, 15) is 9.59 Å². The topological polar surface area (TPSA) is 141 Å². The summed E-state index contributed by atoms with van der Waals surface area (Å²) in [7, 11) is 1.26. The Kier molecular flexibility index (Phi) is 8.27. The number of halogens is 2. The van der Waals surface area contributed by atoms with Crippen molar-refractivity contribution >= 4 is 50.4 Å². The van der Waals surface area contributed by atoms with Gasteiger partial charge in [-0.3, -0.25) is 9.59 Å². The number of aryl methyl sites for hydroxylation is 1. The van der Waals surface area contributed by atoms with Crippen LogP contribution in [0.3, 0.4) is 0 Å². The van der Waals surface area contributed by atoms with Gasteiger partial charge in [0.2, 0.25) is 5.82 Å². The number of nitrogens with one attached hydrogen (secondary N) is 2. The van der Waals surface area contributed by atoms with Crippen molar-refractivity contribution in [2.45, 2.75) is 32.7 Å². The minimum absolute atomic E-state index is 0.0828. The van der Waals surface area contributed by atoms with Gasteiger partial charge in [-0.2, -0.15) is 5.21 Å². The van der Waals surface area contributed by atoms with Gasteiger partial charge in [0.1, 0.15) is 29.4 Å². The maximum Gasteiger partial charge on any atom is 0.325 e. The Hall–Kier alpha value is -4.03. The number of rotatable bonds is 10. The number of aromatic nitrogens is 6. The fourth-order valence-electron chi connectivity index (χ4n) is 4.41. The first-order valence-corrected chi connectivity index (χ1v) is 13.7. The minimum atomic E-state index is -0.561. The molecule has 0 atom stereocenters. The highest BCUT2D eigenvalue weighted by molar-refractivity contribution is 9.10. The molecule has 0 radical (unpaired) electrons. The van der Waals surface area contributed by atoms with Crippen LogP contribution in [0.5, 0.6) is 0 Å². The van der Waals surface area contributed by atoms with Crippen molar-refractivity contribution in [1.82, 2.24) is 35.5 Å². The van der Waals surface area contributed by atoms with E-state index in [1.807, 2.05) is 42.5 Å². The van der Waals surface area contributed by atoms with Gasteiger partial charge < -0.3 is 19.0 Å². The number of unbranched alkanes of at least 4 members (excludes halogenated alkanes) is 1. The highest BCUT2D eigenvalue weighted by atomic mass is 79.9. The highest BCUT2D eigenvalue weighted by Crippen LogP contribution is 2.41. The number of hydrogen-bond donors (Lipinski definition) is 2. The number of amides is 1. The van der Waals surface area contributed by atoms with Crippen molar-refractivity contribution in [2.75, 3.05) is 13.7 Å². The van der Waals surface area contributed by atoms with Crippen LogP contribution in [0, 0.1) is 0 Å². The van der Waals surface area contributed by atoms with E-state index >= 15 is 0 Å². The summed E-state index contributed by atoms with van der Waals surface area (Å²) in [6.45, 7) is 2.14. The Morgan fingerprint density at radius 3 is 2.73 bits per heavy atom. The number of carbonyl (C=O) groups excluding carboxylic acids is 2. The maximum absolute atomic E-state index is 13.0. The summed E-state index contributed by atoms with van der Waals surface area (Å²) in [5.41, 5.74) is 3.35. The van der Waals surface area contributed by atoms with E-state index in [2.05, 4.69) is 58.5 Å². The molecule has 5 rings (SSSR count). The summed E-state index contributed by atoms with van der Waals surface area (Å²) in [6.07, 6.45) is 2.48. The number of furan rings is 1. The number of fused-ring (bicyclic) bond motifs is 1. The van der Waals surface area contributed by atoms with Crippen LogP contribution in [0.15, 0.2) is 51.4 Å². The third-order valence-electron chi connectivity index (χ3n) is 6.38. The predicted molar refractivity (Wildman–Crippen MR) is 152 cm³/mol. The molecule has 3 aromatic heterocycles. The minimum Gasteiger partial charge on any atom is -0.468 e. The van der Waals surface area contributed by atoms with Gasteiger partial charge in [-0.15, -0.1) is 10.2 Å². The molecule has 0 aliphatic heterocycles. The van der Waals surface area contributed by atoms with Crippen molar-refractivity contribution < 1.29 is 18.7 Å². The Morgan fingerprint density at radius 2 is 2.00 bits per heavy atom. The number of aromatic amines is 1. The summed E-state index contributed by atoms with van der Waals surface area (Å²) in [6, 6.07) is 13.5. The average Bonchev–Trinajstić information content (AvgIpc) is 3.69. The Labute approximate surface area is 242 Å². The zero-order chi connectivity index (χ0) is 28.2. The lowest BCUT2D eigenvalue weighted by Crippen LogP contribution is -2.32. The van der Waals surface area contributed by atoms with E-state index in [1.54, 1.807) is 4.57 Å². The molecule has 206 valence electrons. The summed E-state index contributed by atoms with van der Waals surface area (Å²) in [4.78, 5) is 29.1. The second kappa shape index (κ2) is 12.0. The molecule has 2 aromatic carbocycles. The van der Waals surface area contributed by atoms with Gasteiger partial charge in [0, 0.05) is 29.5 Å². The third kappa shape index (κ3) is 5.50.